The fourth-order valence-corrected chi connectivity index (χ4v) is 2.68. The predicted octanol–water partition coefficient (Wildman–Crippen LogP) is 2.82. The molecule has 0 amide bonds. The number of benzene rings is 1. The van der Waals surface area contributed by atoms with Gasteiger partial charge in [-0.2, -0.15) is 0 Å². The van der Waals surface area contributed by atoms with Crippen LogP contribution in [-0.2, 0) is 10.4 Å². The molecule has 1 aromatic rings. The Morgan fingerprint density at radius 1 is 1.24 bits per heavy atom. The molecule has 1 atom stereocenters. The third kappa shape index (κ3) is 1.83. The van der Waals surface area contributed by atoms with Crippen LogP contribution in [0.4, 0.5) is 0 Å². The molecule has 17 heavy (non-hydrogen) atoms. The summed E-state index contributed by atoms with van der Waals surface area (Å²) in [7, 11) is 0. The Balaban J connectivity index is 2.43. The van der Waals surface area contributed by atoms with Crippen molar-refractivity contribution in [2.45, 2.75) is 32.8 Å². The molecular weight excluding hydrogens is 212 g/mol. The monoisotopic (exact) mass is 230 g/mol. The van der Waals surface area contributed by atoms with Crippen LogP contribution < -0.4 is 0 Å². The number of hydrogen-bond donors (Lipinski definition) is 1. The highest BCUT2D eigenvalue weighted by atomic mass is 16.3. The molecule has 0 unspecified atom stereocenters. The summed E-state index contributed by atoms with van der Waals surface area (Å²) in [5.41, 5.74) is 1.15. The zero-order valence-electron chi connectivity index (χ0n) is 10.5. The van der Waals surface area contributed by atoms with E-state index in [1.54, 1.807) is 0 Å². The second kappa shape index (κ2) is 4.11. The van der Waals surface area contributed by atoms with Crippen LogP contribution in [-0.4, -0.2) is 10.9 Å². The van der Waals surface area contributed by atoms with Gasteiger partial charge < -0.3 is 5.11 Å². The molecule has 0 bridgehead atoms. The molecular formula is C15H18O2. The first kappa shape index (κ1) is 12.1. The van der Waals surface area contributed by atoms with Crippen LogP contribution in [0, 0.1) is 5.92 Å². The maximum absolute atomic E-state index is 12.4. The summed E-state index contributed by atoms with van der Waals surface area (Å²) in [5.74, 6) is 0.0384. The standard InChI is InChI=1S/C15H18O2/c1-10(2)13-11(3)9-15(17,14(13)16)12-7-5-4-6-8-12/h4-8,10,17H,9H2,1-3H3/t15-/m0/s1. The Morgan fingerprint density at radius 3 is 2.29 bits per heavy atom. The van der Waals surface area contributed by atoms with E-state index in [4.69, 9.17) is 0 Å². The summed E-state index contributed by atoms with van der Waals surface area (Å²) in [4.78, 5) is 12.4. The van der Waals surface area contributed by atoms with E-state index in [1.807, 2.05) is 51.1 Å². The number of aliphatic hydroxyl groups is 1. The maximum Gasteiger partial charge on any atom is 0.195 e. The number of ketones is 1. The highest BCUT2D eigenvalue weighted by molar-refractivity contribution is 6.06. The van der Waals surface area contributed by atoms with E-state index >= 15 is 0 Å². The first-order chi connectivity index (χ1) is 7.97. The third-order valence-electron chi connectivity index (χ3n) is 3.43. The quantitative estimate of drug-likeness (QED) is 0.848. The largest absolute Gasteiger partial charge is 0.377 e. The summed E-state index contributed by atoms with van der Waals surface area (Å²) in [6.07, 6.45) is 0.420. The van der Waals surface area contributed by atoms with Gasteiger partial charge in [-0.05, 0) is 18.4 Å². The molecule has 1 N–H and O–H groups in total. The van der Waals surface area contributed by atoms with Gasteiger partial charge in [0.05, 0.1) is 0 Å². The Labute approximate surface area is 102 Å². The average molecular weight is 230 g/mol. The molecule has 0 heterocycles. The van der Waals surface area contributed by atoms with Gasteiger partial charge in [0.25, 0.3) is 0 Å². The van der Waals surface area contributed by atoms with Crippen molar-refractivity contribution in [2.75, 3.05) is 0 Å². The molecule has 1 aliphatic rings. The van der Waals surface area contributed by atoms with E-state index in [1.165, 1.54) is 0 Å². The second-order valence-electron chi connectivity index (χ2n) is 5.08. The lowest BCUT2D eigenvalue weighted by molar-refractivity contribution is -0.132. The van der Waals surface area contributed by atoms with Crippen molar-refractivity contribution in [1.82, 2.24) is 0 Å². The van der Waals surface area contributed by atoms with Crippen molar-refractivity contribution in [3.63, 3.8) is 0 Å². The minimum Gasteiger partial charge on any atom is -0.377 e. The molecule has 0 spiro atoms. The average Bonchev–Trinajstić information content (AvgIpc) is 2.52. The molecule has 0 aliphatic heterocycles. The van der Waals surface area contributed by atoms with Crippen molar-refractivity contribution in [3.8, 4) is 0 Å². The van der Waals surface area contributed by atoms with Crippen LogP contribution in [0.3, 0.4) is 0 Å². The maximum atomic E-state index is 12.4. The molecule has 0 saturated heterocycles. The van der Waals surface area contributed by atoms with Crippen molar-refractivity contribution < 1.29 is 9.90 Å². The van der Waals surface area contributed by atoms with Gasteiger partial charge in [0, 0.05) is 12.0 Å². The molecule has 0 radical (unpaired) electrons. The highest BCUT2D eigenvalue weighted by Gasteiger charge is 2.45. The summed E-state index contributed by atoms with van der Waals surface area (Å²) < 4.78 is 0. The topological polar surface area (TPSA) is 37.3 Å². The van der Waals surface area contributed by atoms with Gasteiger partial charge in [-0.15, -0.1) is 0 Å². The summed E-state index contributed by atoms with van der Waals surface area (Å²) in [6, 6.07) is 9.21. The molecule has 2 nitrogen and oxygen atoms in total. The third-order valence-corrected chi connectivity index (χ3v) is 3.43. The minimum atomic E-state index is -1.34. The van der Waals surface area contributed by atoms with E-state index in [-0.39, 0.29) is 11.7 Å². The lowest BCUT2D eigenvalue weighted by Gasteiger charge is -2.22. The Morgan fingerprint density at radius 2 is 1.82 bits per heavy atom. The highest BCUT2D eigenvalue weighted by Crippen LogP contribution is 2.41. The van der Waals surface area contributed by atoms with Crippen LogP contribution in [0.25, 0.3) is 0 Å². The van der Waals surface area contributed by atoms with Crippen LogP contribution in [0.5, 0.6) is 0 Å². The minimum absolute atomic E-state index is 0.129. The lowest BCUT2D eigenvalue weighted by Crippen LogP contribution is -2.33. The molecule has 0 fully saturated rings. The van der Waals surface area contributed by atoms with Crippen LogP contribution in [0.1, 0.15) is 32.8 Å². The SMILES string of the molecule is CC1=C(C(C)C)C(=O)[C@@](O)(c2ccccc2)C1. The normalized spacial score (nSPS) is 24.9. The van der Waals surface area contributed by atoms with Crippen LogP contribution in [0.2, 0.25) is 0 Å². The predicted molar refractivity (Wildman–Crippen MR) is 67.5 cm³/mol. The Hall–Kier alpha value is -1.41. The number of carbonyl (C=O) groups excluding carboxylic acids is 1. The van der Waals surface area contributed by atoms with Gasteiger partial charge in [-0.25, -0.2) is 0 Å². The number of hydrogen-bond acceptors (Lipinski definition) is 2. The van der Waals surface area contributed by atoms with E-state index < -0.39 is 5.60 Å². The van der Waals surface area contributed by atoms with Gasteiger partial charge in [0.1, 0.15) is 0 Å². The van der Waals surface area contributed by atoms with Gasteiger partial charge in [-0.1, -0.05) is 49.8 Å². The molecule has 2 heteroatoms. The second-order valence-corrected chi connectivity index (χ2v) is 5.08. The van der Waals surface area contributed by atoms with Crippen LogP contribution in [0.15, 0.2) is 41.5 Å². The van der Waals surface area contributed by atoms with Crippen molar-refractivity contribution in [2.24, 2.45) is 5.92 Å². The molecule has 1 aliphatic carbocycles. The zero-order chi connectivity index (χ0) is 12.6. The molecule has 90 valence electrons. The van der Waals surface area contributed by atoms with Gasteiger partial charge in [-0.3, -0.25) is 4.79 Å². The number of Topliss-reactive ketones (excluding diaryl/α,β-unsaturated/α-hetero) is 1. The molecule has 0 aromatic heterocycles. The summed E-state index contributed by atoms with van der Waals surface area (Å²) in [6.45, 7) is 5.93. The van der Waals surface area contributed by atoms with Gasteiger partial charge >= 0.3 is 0 Å². The fourth-order valence-electron chi connectivity index (χ4n) is 2.68. The van der Waals surface area contributed by atoms with Crippen molar-refractivity contribution in [1.29, 1.82) is 0 Å². The van der Waals surface area contributed by atoms with Gasteiger partial charge in [0.15, 0.2) is 11.4 Å². The zero-order valence-corrected chi connectivity index (χ0v) is 10.5. The first-order valence-electron chi connectivity index (χ1n) is 5.99. The smallest absolute Gasteiger partial charge is 0.195 e. The number of carbonyl (C=O) groups is 1. The Bertz CT molecular complexity index is 471. The molecule has 2 rings (SSSR count). The molecule has 0 saturated carbocycles. The van der Waals surface area contributed by atoms with E-state index in [9.17, 15) is 9.90 Å². The van der Waals surface area contributed by atoms with Crippen LogP contribution >= 0.6 is 0 Å². The molecule has 1 aromatic carbocycles. The van der Waals surface area contributed by atoms with Crippen molar-refractivity contribution >= 4 is 5.78 Å². The van der Waals surface area contributed by atoms with E-state index in [0.29, 0.717) is 12.0 Å². The van der Waals surface area contributed by atoms with E-state index in [2.05, 4.69) is 0 Å². The van der Waals surface area contributed by atoms with Gasteiger partial charge in [0.2, 0.25) is 0 Å². The number of rotatable bonds is 2. The first-order valence-corrected chi connectivity index (χ1v) is 5.99. The Kier molecular flexibility index (Phi) is 2.92. The lowest BCUT2D eigenvalue weighted by atomic mass is 9.87. The van der Waals surface area contributed by atoms with E-state index in [0.717, 1.165) is 11.1 Å². The summed E-state index contributed by atoms with van der Waals surface area (Å²) in [5, 5.41) is 10.6. The van der Waals surface area contributed by atoms with Crippen molar-refractivity contribution in [3.05, 3.63) is 47.0 Å². The fraction of sp³-hybridized carbons (Fsp3) is 0.400. The summed E-state index contributed by atoms with van der Waals surface area (Å²) >= 11 is 0.